The lowest BCUT2D eigenvalue weighted by atomic mass is 9.82. The van der Waals surface area contributed by atoms with Crippen LogP contribution in [0.5, 0.6) is 0 Å². The summed E-state index contributed by atoms with van der Waals surface area (Å²) in [6, 6.07) is 72.6. The molecule has 0 amide bonds. The zero-order valence-corrected chi connectivity index (χ0v) is 31.9. The van der Waals surface area contributed by atoms with Gasteiger partial charge < -0.3 is 4.90 Å². The number of pyridine rings is 1. The molecule has 1 aliphatic carbocycles. The Labute approximate surface area is 332 Å². The maximum absolute atomic E-state index is 5.44. The van der Waals surface area contributed by atoms with E-state index in [4.69, 9.17) is 5.10 Å². The molecule has 8 aromatic carbocycles. The van der Waals surface area contributed by atoms with Gasteiger partial charge in [0, 0.05) is 44.3 Å². The Morgan fingerprint density at radius 3 is 1.86 bits per heavy atom. The molecule has 2 heterocycles. The Morgan fingerprint density at radius 1 is 0.456 bits per heavy atom. The minimum absolute atomic E-state index is 0.127. The summed E-state index contributed by atoms with van der Waals surface area (Å²) >= 11 is 0. The molecule has 0 atom stereocenters. The molecule has 11 rings (SSSR count). The van der Waals surface area contributed by atoms with Crippen molar-refractivity contribution in [1.29, 1.82) is 0 Å². The molecule has 0 N–H and O–H groups in total. The van der Waals surface area contributed by atoms with Crippen LogP contribution >= 0.6 is 0 Å². The predicted octanol–water partition coefficient (Wildman–Crippen LogP) is 14.4. The molecular weight excluding hydrogens is 691 g/mol. The molecule has 3 nitrogen and oxygen atoms in total. The highest BCUT2D eigenvalue weighted by Crippen LogP contribution is 2.51. The molecule has 0 aliphatic heterocycles. The van der Waals surface area contributed by atoms with Gasteiger partial charge in [0.2, 0.25) is 0 Å². The highest BCUT2D eigenvalue weighted by Gasteiger charge is 2.36. The summed E-state index contributed by atoms with van der Waals surface area (Å²) in [5, 5.41) is 10.2. The summed E-state index contributed by atoms with van der Waals surface area (Å²) in [5.74, 6) is 0. The van der Waals surface area contributed by atoms with Gasteiger partial charge in [-0.05, 0) is 75.0 Å². The molecule has 57 heavy (non-hydrogen) atoms. The van der Waals surface area contributed by atoms with Gasteiger partial charge in [0.05, 0.1) is 16.9 Å². The van der Waals surface area contributed by atoms with Crippen LogP contribution in [0.2, 0.25) is 0 Å². The highest BCUT2D eigenvalue weighted by atomic mass is 15.2. The van der Waals surface area contributed by atoms with Crippen LogP contribution in [-0.2, 0) is 5.41 Å². The van der Waals surface area contributed by atoms with E-state index in [1.165, 1.54) is 33.0 Å². The van der Waals surface area contributed by atoms with E-state index in [1.807, 2.05) is 0 Å². The molecule has 0 unspecified atom stereocenters. The topological polar surface area (TPSA) is 20.5 Å². The van der Waals surface area contributed by atoms with Crippen LogP contribution in [-0.4, -0.2) is 9.61 Å². The molecule has 0 saturated heterocycles. The molecule has 2 aromatic heterocycles. The molecule has 0 spiro atoms. The second kappa shape index (κ2) is 12.9. The second-order valence-corrected chi connectivity index (χ2v) is 15.6. The molecular formula is C54H39N3. The van der Waals surface area contributed by atoms with Gasteiger partial charge in [-0.2, -0.15) is 5.10 Å². The normalized spacial score (nSPS) is 12.9. The standard InChI is InChI=1S/C54H39N3/c1-54(2)47-27-15-14-26-45(47)46-32-30-42(35-48(46)54)56(49-28-16-24-36-17-12-13-25-43(36)49)41-29-31-44-40(33-41)34-50(37-18-6-3-7-19-37)57-53(44)51(38-20-8-4-9-21-38)52(55-57)39-22-10-5-11-23-39/h3-35H,1-2H3. The first-order valence-electron chi connectivity index (χ1n) is 19.7. The number of hydrogen-bond donors (Lipinski definition) is 0. The largest absolute Gasteiger partial charge is 0.310 e. The Balaban J connectivity index is 1.20. The lowest BCUT2D eigenvalue weighted by molar-refractivity contribution is 0.660. The third kappa shape index (κ3) is 5.23. The van der Waals surface area contributed by atoms with Crippen LogP contribution in [0, 0.1) is 0 Å². The van der Waals surface area contributed by atoms with Gasteiger partial charge in [-0.3, -0.25) is 0 Å². The van der Waals surface area contributed by atoms with E-state index < -0.39 is 0 Å². The molecule has 0 bridgehead atoms. The van der Waals surface area contributed by atoms with Gasteiger partial charge in [0.25, 0.3) is 0 Å². The van der Waals surface area contributed by atoms with Gasteiger partial charge >= 0.3 is 0 Å². The number of rotatable bonds is 6. The molecule has 10 aromatic rings. The van der Waals surface area contributed by atoms with Gasteiger partial charge in [0.15, 0.2) is 0 Å². The van der Waals surface area contributed by atoms with Crippen molar-refractivity contribution in [3.63, 3.8) is 0 Å². The van der Waals surface area contributed by atoms with Crippen molar-refractivity contribution in [2.24, 2.45) is 0 Å². The fourth-order valence-corrected chi connectivity index (χ4v) is 9.23. The first kappa shape index (κ1) is 33.1. The van der Waals surface area contributed by atoms with Crippen molar-refractivity contribution >= 4 is 44.1 Å². The third-order valence-electron chi connectivity index (χ3n) is 12.0. The van der Waals surface area contributed by atoms with Crippen LogP contribution < -0.4 is 4.90 Å². The minimum atomic E-state index is -0.127. The summed E-state index contributed by atoms with van der Waals surface area (Å²) < 4.78 is 2.17. The van der Waals surface area contributed by atoms with E-state index in [9.17, 15) is 0 Å². The fourth-order valence-electron chi connectivity index (χ4n) is 9.23. The predicted molar refractivity (Wildman–Crippen MR) is 239 cm³/mol. The Bertz CT molecular complexity index is 3140. The van der Waals surface area contributed by atoms with Crippen molar-refractivity contribution in [2.45, 2.75) is 19.3 Å². The number of nitrogens with zero attached hydrogens (tertiary/aromatic N) is 3. The van der Waals surface area contributed by atoms with Crippen LogP contribution in [0.4, 0.5) is 17.1 Å². The molecule has 1 aliphatic rings. The maximum atomic E-state index is 5.44. The van der Waals surface area contributed by atoms with Gasteiger partial charge in [-0.15, -0.1) is 0 Å². The Kier molecular flexibility index (Phi) is 7.52. The smallest absolute Gasteiger partial charge is 0.101 e. The summed E-state index contributed by atoms with van der Waals surface area (Å²) in [6.45, 7) is 4.71. The summed E-state index contributed by atoms with van der Waals surface area (Å²) in [4.78, 5) is 2.46. The molecule has 0 fully saturated rings. The number of benzene rings is 8. The lowest BCUT2D eigenvalue weighted by Crippen LogP contribution is -2.16. The monoisotopic (exact) mass is 729 g/mol. The van der Waals surface area contributed by atoms with Crippen molar-refractivity contribution < 1.29 is 0 Å². The van der Waals surface area contributed by atoms with Crippen LogP contribution in [0.1, 0.15) is 25.0 Å². The number of fused-ring (bicyclic) bond motifs is 7. The maximum Gasteiger partial charge on any atom is 0.101 e. The first-order valence-corrected chi connectivity index (χ1v) is 19.7. The van der Waals surface area contributed by atoms with Crippen molar-refractivity contribution in [1.82, 2.24) is 9.61 Å². The summed E-state index contributed by atoms with van der Waals surface area (Å²) in [5.41, 5.74) is 16.2. The van der Waals surface area contributed by atoms with Gasteiger partial charge in [0.1, 0.15) is 5.69 Å². The Morgan fingerprint density at radius 2 is 1.07 bits per heavy atom. The van der Waals surface area contributed by atoms with E-state index in [0.717, 1.165) is 67.0 Å². The SMILES string of the molecule is CC1(C)c2ccccc2-c2ccc(N(c3ccc4c(c3)cc(-c3ccccc3)n3nc(-c5ccccc5)c(-c5ccccc5)c43)c3cccc4ccccc34)cc21. The van der Waals surface area contributed by atoms with Gasteiger partial charge in [-0.25, -0.2) is 4.52 Å². The average Bonchev–Trinajstić information content (AvgIpc) is 3.78. The molecule has 3 heteroatoms. The van der Waals surface area contributed by atoms with E-state index in [2.05, 4.69) is 223 Å². The zero-order chi connectivity index (χ0) is 38.1. The second-order valence-electron chi connectivity index (χ2n) is 15.6. The van der Waals surface area contributed by atoms with Crippen molar-refractivity contribution in [2.75, 3.05) is 4.90 Å². The average molecular weight is 730 g/mol. The van der Waals surface area contributed by atoms with Gasteiger partial charge in [-0.1, -0.05) is 178 Å². The van der Waals surface area contributed by atoms with Crippen LogP contribution in [0.15, 0.2) is 200 Å². The van der Waals surface area contributed by atoms with E-state index >= 15 is 0 Å². The fraction of sp³-hybridized carbons (Fsp3) is 0.0556. The van der Waals surface area contributed by atoms with E-state index in [0.29, 0.717) is 0 Å². The minimum Gasteiger partial charge on any atom is -0.310 e. The summed E-state index contributed by atoms with van der Waals surface area (Å²) in [7, 11) is 0. The number of anilines is 3. The first-order chi connectivity index (χ1) is 28.0. The quantitative estimate of drug-likeness (QED) is 0.170. The summed E-state index contributed by atoms with van der Waals surface area (Å²) in [6.07, 6.45) is 0. The van der Waals surface area contributed by atoms with E-state index in [-0.39, 0.29) is 5.41 Å². The zero-order valence-electron chi connectivity index (χ0n) is 31.9. The number of hydrogen-bond acceptors (Lipinski definition) is 2. The van der Waals surface area contributed by atoms with Crippen molar-refractivity contribution in [3.8, 4) is 44.8 Å². The van der Waals surface area contributed by atoms with Crippen molar-refractivity contribution in [3.05, 3.63) is 211 Å². The number of aromatic nitrogens is 2. The van der Waals surface area contributed by atoms with Crippen LogP contribution in [0.3, 0.4) is 0 Å². The highest BCUT2D eigenvalue weighted by molar-refractivity contribution is 6.10. The molecule has 0 saturated carbocycles. The van der Waals surface area contributed by atoms with E-state index in [1.54, 1.807) is 0 Å². The van der Waals surface area contributed by atoms with Crippen LogP contribution in [0.25, 0.3) is 71.8 Å². The Hall–Kier alpha value is -7.23. The molecule has 0 radical (unpaired) electrons. The lowest BCUT2D eigenvalue weighted by Gasteiger charge is -2.29. The third-order valence-corrected chi connectivity index (χ3v) is 12.0. The molecule has 270 valence electrons.